The zero-order valence-corrected chi connectivity index (χ0v) is 24.5. The quantitative estimate of drug-likeness (QED) is 0.0980. The number of aryl methyl sites for hydroxylation is 1. The van der Waals surface area contributed by atoms with E-state index in [1.807, 2.05) is 25.1 Å². The van der Waals surface area contributed by atoms with Gasteiger partial charge >= 0.3 is 5.97 Å². The van der Waals surface area contributed by atoms with Crippen molar-refractivity contribution < 1.29 is 23.9 Å². The first-order valence-electron chi connectivity index (χ1n) is 14.3. The minimum atomic E-state index is -0.955. The number of fused-ring (bicyclic) bond motifs is 2. The Bertz CT molecular complexity index is 1770. The molecule has 1 aliphatic carbocycles. The summed E-state index contributed by atoms with van der Waals surface area (Å²) in [5, 5.41) is 1.05. The van der Waals surface area contributed by atoms with Gasteiger partial charge in [0.1, 0.15) is 0 Å². The number of nitrogens with zero attached hydrogens (tertiary/aromatic N) is 2. The molecule has 3 atom stereocenters. The summed E-state index contributed by atoms with van der Waals surface area (Å²) in [6.07, 6.45) is 4.42. The average molecular weight is 593 g/mol. The highest BCUT2D eigenvalue weighted by atomic mass is 35.5. The van der Waals surface area contributed by atoms with Crippen LogP contribution >= 0.6 is 11.6 Å². The first kappa shape index (κ1) is 28.5. The van der Waals surface area contributed by atoms with Crippen molar-refractivity contribution in [1.29, 1.82) is 0 Å². The number of Topliss-reactive ketones (excluding diaryl/α,β-unsaturated/α-hetero) is 1. The fraction of sp³-hybridized carbons (Fsp3) is 0.229. The Labute approximate surface area is 254 Å². The number of amides is 2. The van der Waals surface area contributed by atoms with Gasteiger partial charge in [0.05, 0.1) is 34.3 Å². The van der Waals surface area contributed by atoms with Crippen LogP contribution in [0.5, 0.6) is 0 Å². The summed E-state index contributed by atoms with van der Waals surface area (Å²) in [4.78, 5) is 59.0. The van der Waals surface area contributed by atoms with Crippen LogP contribution in [0.3, 0.4) is 0 Å². The van der Waals surface area contributed by atoms with Gasteiger partial charge in [-0.05, 0) is 56.0 Å². The molecule has 43 heavy (non-hydrogen) atoms. The van der Waals surface area contributed by atoms with Crippen molar-refractivity contribution in [2.24, 2.45) is 11.8 Å². The minimum absolute atomic E-state index is 0.179. The van der Waals surface area contributed by atoms with Gasteiger partial charge in [-0.3, -0.25) is 19.3 Å². The fourth-order valence-corrected chi connectivity index (χ4v) is 6.01. The molecule has 6 rings (SSSR count). The number of hydrogen-bond donors (Lipinski definition) is 0. The standard InChI is InChI=1S/C35H29ClN2O5/c1-3-30(32(39)22-9-5-4-6-10-22)43-35(42)27-19-29(37-31-20(2)28(36)18-17-24(27)31)21-13-15-23(16-14-21)38-33(40)25-11-7-8-12-26(25)34(38)41/h4-10,13-19,25-26,30H,3,11-12H2,1-2H3. The second-order valence-corrected chi connectivity index (χ2v) is 11.3. The van der Waals surface area contributed by atoms with E-state index in [1.165, 1.54) is 4.90 Å². The number of imide groups is 1. The topological polar surface area (TPSA) is 93.6 Å². The number of ketones is 1. The summed E-state index contributed by atoms with van der Waals surface area (Å²) in [6.45, 7) is 3.62. The van der Waals surface area contributed by atoms with Gasteiger partial charge in [-0.15, -0.1) is 0 Å². The van der Waals surface area contributed by atoms with Crippen LogP contribution in [0.25, 0.3) is 22.2 Å². The minimum Gasteiger partial charge on any atom is -0.450 e. The smallest absolute Gasteiger partial charge is 0.339 e. The molecule has 7 nitrogen and oxygen atoms in total. The molecule has 1 saturated heterocycles. The van der Waals surface area contributed by atoms with E-state index in [-0.39, 0.29) is 35.0 Å². The maximum atomic E-state index is 13.6. The summed E-state index contributed by atoms with van der Waals surface area (Å²) in [5.74, 6) is -1.91. The van der Waals surface area contributed by atoms with Crippen LogP contribution in [0, 0.1) is 18.8 Å². The van der Waals surface area contributed by atoms with Crippen LogP contribution in [0.1, 0.15) is 52.5 Å². The Hall–Kier alpha value is -4.62. The predicted molar refractivity (Wildman–Crippen MR) is 165 cm³/mol. The second kappa shape index (κ2) is 11.6. The zero-order valence-electron chi connectivity index (χ0n) is 23.7. The Morgan fingerprint density at radius 3 is 2.23 bits per heavy atom. The molecule has 1 aliphatic heterocycles. The number of hydrogen-bond acceptors (Lipinski definition) is 6. The molecule has 3 aromatic carbocycles. The van der Waals surface area contributed by atoms with E-state index in [4.69, 9.17) is 21.3 Å². The lowest BCUT2D eigenvalue weighted by molar-refractivity contribution is -0.122. The number of esters is 1. The Morgan fingerprint density at radius 1 is 0.953 bits per heavy atom. The number of carbonyl (C=O) groups is 4. The van der Waals surface area contributed by atoms with E-state index in [9.17, 15) is 19.2 Å². The van der Waals surface area contributed by atoms with Gasteiger partial charge in [-0.25, -0.2) is 9.78 Å². The van der Waals surface area contributed by atoms with E-state index in [0.29, 0.717) is 63.3 Å². The van der Waals surface area contributed by atoms with Crippen molar-refractivity contribution in [3.63, 3.8) is 0 Å². The molecule has 0 radical (unpaired) electrons. The molecule has 4 aromatic rings. The van der Waals surface area contributed by atoms with Crippen LogP contribution in [0.4, 0.5) is 5.69 Å². The molecule has 2 heterocycles. The van der Waals surface area contributed by atoms with Crippen molar-refractivity contribution in [3.8, 4) is 11.3 Å². The van der Waals surface area contributed by atoms with Crippen molar-refractivity contribution in [3.05, 3.63) is 107 Å². The van der Waals surface area contributed by atoms with Crippen molar-refractivity contribution in [2.75, 3.05) is 4.90 Å². The highest BCUT2D eigenvalue weighted by Crippen LogP contribution is 2.38. The van der Waals surface area contributed by atoms with Crippen LogP contribution in [0.2, 0.25) is 5.02 Å². The third kappa shape index (κ3) is 5.14. The van der Waals surface area contributed by atoms with Crippen molar-refractivity contribution in [1.82, 2.24) is 4.98 Å². The van der Waals surface area contributed by atoms with Gasteiger partial charge < -0.3 is 4.74 Å². The number of halogens is 1. The number of aromatic nitrogens is 1. The summed E-state index contributed by atoms with van der Waals surface area (Å²) >= 11 is 6.43. The zero-order chi connectivity index (χ0) is 30.2. The van der Waals surface area contributed by atoms with Gasteiger partial charge in [0.15, 0.2) is 6.10 Å². The molecule has 1 fully saturated rings. The molecular weight excluding hydrogens is 564 g/mol. The van der Waals surface area contributed by atoms with Crippen LogP contribution in [-0.2, 0) is 14.3 Å². The monoisotopic (exact) mass is 592 g/mol. The lowest BCUT2D eigenvalue weighted by Crippen LogP contribution is -2.30. The van der Waals surface area contributed by atoms with Gasteiger partial charge in [-0.2, -0.15) is 0 Å². The number of anilines is 1. The maximum Gasteiger partial charge on any atom is 0.339 e. The van der Waals surface area contributed by atoms with E-state index in [2.05, 4.69) is 0 Å². The van der Waals surface area contributed by atoms with E-state index in [0.717, 1.165) is 0 Å². The molecule has 0 bridgehead atoms. The molecule has 216 valence electrons. The van der Waals surface area contributed by atoms with Crippen LogP contribution < -0.4 is 4.90 Å². The van der Waals surface area contributed by atoms with Crippen LogP contribution in [-0.4, -0.2) is 34.7 Å². The van der Waals surface area contributed by atoms with Gasteiger partial charge in [-0.1, -0.05) is 79.2 Å². The molecule has 0 spiro atoms. The summed E-state index contributed by atoms with van der Waals surface area (Å²) in [7, 11) is 0. The SMILES string of the molecule is CCC(OC(=O)c1cc(-c2ccc(N3C(=O)C4CC=CCC4C3=O)cc2)nc2c(C)c(Cl)ccc12)C(=O)c1ccccc1. The Kier molecular flexibility index (Phi) is 7.67. The largest absolute Gasteiger partial charge is 0.450 e. The summed E-state index contributed by atoms with van der Waals surface area (Å²) < 4.78 is 5.79. The van der Waals surface area contributed by atoms with E-state index in [1.54, 1.807) is 73.7 Å². The van der Waals surface area contributed by atoms with Crippen LogP contribution in [0.15, 0.2) is 84.9 Å². The first-order chi connectivity index (χ1) is 20.8. The molecule has 8 heteroatoms. The molecule has 3 unspecified atom stereocenters. The van der Waals surface area contributed by atoms with Crippen molar-refractivity contribution >= 4 is 51.8 Å². The Balaban J connectivity index is 1.35. The number of ether oxygens (including phenoxy) is 1. The third-order valence-electron chi connectivity index (χ3n) is 8.29. The molecule has 0 N–H and O–H groups in total. The molecule has 2 aliphatic rings. The van der Waals surface area contributed by atoms with E-state index < -0.39 is 12.1 Å². The Morgan fingerprint density at radius 2 is 1.60 bits per heavy atom. The van der Waals surface area contributed by atoms with Gasteiger partial charge in [0, 0.05) is 21.5 Å². The summed E-state index contributed by atoms with van der Waals surface area (Å²) in [6, 6.07) is 20.8. The fourth-order valence-electron chi connectivity index (χ4n) is 5.86. The normalized spacial score (nSPS) is 18.5. The number of benzene rings is 3. The van der Waals surface area contributed by atoms with E-state index >= 15 is 0 Å². The highest BCUT2D eigenvalue weighted by Gasteiger charge is 2.47. The highest BCUT2D eigenvalue weighted by molar-refractivity contribution is 6.32. The lowest BCUT2D eigenvalue weighted by Gasteiger charge is -2.18. The molecular formula is C35H29ClN2O5. The predicted octanol–water partition coefficient (Wildman–Crippen LogP) is 7.14. The molecule has 0 saturated carbocycles. The third-order valence-corrected chi connectivity index (χ3v) is 8.70. The number of allylic oxidation sites excluding steroid dienone is 2. The molecule has 2 amide bonds. The van der Waals surface area contributed by atoms with Gasteiger partial charge in [0.25, 0.3) is 0 Å². The maximum absolute atomic E-state index is 13.6. The molecule has 1 aromatic heterocycles. The summed E-state index contributed by atoms with van der Waals surface area (Å²) in [5.41, 5.74) is 3.60. The number of rotatable bonds is 7. The second-order valence-electron chi connectivity index (χ2n) is 10.9. The number of carbonyl (C=O) groups excluding carboxylic acids is 4. The van der Waals surface area contributed by atoms with Crippen molar-refractivity contribution in [2.45, 2.75) is 39.2 Å². The lowest BCUT2D eigenvalue weighted by atomic mass is 9.85. The average Bonchev–Trinajstić information content (AvgIpc) is 3.30. The first-order valence-corrected chi connectivity index (χ1v) is 14.7. The number of pyridine rings is 1. The van der Waals surface area contributed by atoms with Gasteiger partial charge in [0.2, 0.25) is 17.6 Å².